The number of carbonyl (C=O) groups is 1. The van der Waals surface area contributed by atoms with Crippen LogP contribution in [0.15, 0.2) is 18.2 Å². The summed E-state index contributed by atoms with van der Waals surface area (Å²) in [5, 5.41) is 2.74. The van der Waals surface area contributed by atoms with Gasteiger partial charge in [0.15, 0.2) is 0 Å². The second kappa shape index (κ2) is 7.34. The molecule has 0 spiro atoms. The molecule has 1 aromatic carbocycles. The van der Waals surface area contributed by atoms with Gasteiger partial charge < -0.3 is 11.1 Å². The SMILES string of the molecule is Cc1ccc(CNC(=O)C(C)C(C)N)cc1F.Cl. The van der Waals surface area contributed by atoms with Crippen molar-refractivity contribution < 1.29 is 9.18 Å². The Morgan fingerprint density at radius 2 is 2.06 bits per heavy atom. The van der Waals surface area contributed by atoms with Crippen molar-refractivity contribution in [1.82, 2.24) is 5.32 Å². The molecule has 0 aliphatic heterocycles. The first-order valence-corrected chi connectivity index (χ1v) is 5.70. The molecule has 0 saturated heterocycles. The van der Waals surface area contributed by atoms with E-state index in [1.807, 2.05) is 0 Å². The highest BCUT2D eigenvalue weighted by Crippen LogP contribution is 2.09. The van der Waals surface area contributed by atoms with E-state index in [1.54, 1.807) is 32.9 Å². The van der Waals surface area contributed by atoms with E-state index in [0.29, 0.717) is 12.1 Å². The van der Waals surface area contributed by atoms with Gasteiger partial charge in [0.1, 0.15) is 5.82 Å². The van der Waals surface area contributed by atoms with E-state index < -0.39 is 0 Å². The fourth-order valence-electron chi connectivity index (χ4n) is 1.34. The maximum atomic E-state index is 13.3. The highest BCUT2D eigenvalue weighted by molar-refractivity contribution is 5.85. The minimum absolute atomic E-state index is 0. The summed E-state index contributed by atoms with van der Waals surface area (Å²) < 4.78 is 13.3. The summed E-state index contributed by atoms with van der Waals surface area (Å²) >= 11 is 0. The lowest BCUT2D eigenvalue weighted by molar-refractivity contribution is -0.125. The number of rotatable bonds is 4. The summed E-state index contributed by atoms with van der Waals surface area (Å²) in [7, 11) is 0. The molecule has 5 heteroatoms. The summed E-state index contributed by atoms with van der Waals surface area (Å²) in [6.45, 7) is 5.59. The number of halogens is 2. The minimum Gasteiger partial charge on any atom is -0.352 e. The molecule has 0 radical (unpaired) electrons. The molecule has 1 aromatic rings. The van der Waals surface area contributed by atoms with Gasteiger partial charge in [0.25, 0.3) is 0 Å². The number of nitrogens with one attached hydrogen (secondary N) is 1. The molecule has 3 nitrogen and oxygen atoms in total. The van der Waals surface area contributed by atoms with Gasteiger partial charge in [-0.15, -0.1) is 12.4 Å². The Bertz CT molecular complexity index is 410. The number of hydrogen-bond donors (Lipinski definition) is 2. The van der Waals surface area contributed by atoms with Crippen LogP contribution >= 0.6 is 12.4 Å². The summed E-state index contributed by atoms with van der Waals surface area (Å²) in [5.41, 5.74) is 6.98. The van der Waals surface area contributed by atoms with Gasteiger partial charge in [0.2, 0.25) is 5.91 Å². The van der Waals surface area contributed by atoms with Crippen molar-refractivity contribution in [1.29, 1.82) is 0 Å². The lowest BCUT2D eigenvalue weighted by atomic mass is 10.0. The summed E-state index contributed by atoms with van der Waals surface area (Å²) in [6, 6.07) is 4.75. The Hall–Kier alpha value is -1.13. The number of nitrogens with two attached hydrogens (primary N) is 1. The van der Waals surface area contributed by atoms with Crippen LogP contribution in [-0.2, 0) is 11.3 Å². The van der Waals surface area contributed by atoms with Crippen molar-refractivity contribution in [2.75, 3.05) is 0 Å². The highest BCUT2D eigenvalue weighted by Gasteiger charge is 2.16. The van der Waals surface area contributed by atoms with Crippen LogP contribution in [0.3, 0.4) is 0 Å². The molecule has 0 bridgehead atoms. The van der Waals surface area contributed by atoms with E-state index in [0.717, 1.165) is 5.56 Å². The van der Waals surface area contributed by atoms with E-state index in [2.05, 4.69) is 5.32 Å². The van der Waals surface area contributed by atoms with Gasteiger partial charge in [0, 0.05) is 18.5 Å². The molecule has 0 fully saturated rings. The van der Waals surface area contributed by atoms with E-state index in [9.17, 15) is 9.18 Å². The van der Waals surface area contributed by atoms with Crippen molar-refractivity contribution in [2.24, 2.45) is 11.7 Å². The van der Waals surface area contributed by atoms with Crippen LogP contribution < -0.4 is 11.1 Å². The Kier molecular flexibility index (Phi) is 6.88. The van der Waals surface area contributed by atoms with Gasteiger partial charge in [0.05, 0.1) is 0 Å². The molecule has 1 amide bonds. The number of hydrogen-bond acceptors (Lipinski definition) is 2. The molecular formula is C13H20ClFN2O. The molecule has 0 aliphatic carbocycles. The maximum absolute atomic E-state index is 13.3. The lowest BCUT2D eigenvalue weighted by Crippen LogP contribution is -2.38. The van der Waals surface area contributed by atoms with Crippen LogP contribution in [0, 0.1) is 18.7 Å². The average Bonchev–Trinajstić information content (AvgIpc) is 2.29. The van der Waals surface area contributed by atoms with Crippen LogP contribution in [0.1, 0.15) is 25.0 Å². The van der Waals surface area contributed by atoms with Crippen LogP contribution in [0.5, 0.6) is 0 Å². The third-order valence-corrected chi connectivity index (χ3v) is 2.91. The summed E-state index contributed by atoms with van der Waals surface area (Å²) in [4.78, 5) is 11.6. The monoisotopic (exact) mass is 274 g/mol. The lowest BCUT2D eigenvalue weighted by Gasteiger charge is -2.15. The first kappa shape index (κ1) is 16.9. The van der Waals surface area contributed by atoms with Crippen LogP contribution in [0.4, 0.5) is 4.39 Å². The first-order chi connectivity index (χ1) is 7.91. The maximum Gasteiger partial charge on any atom is 0.224 e. The Balaban J connectivity index is 0.00000289. The highest BCUT2D eigenvalue weighted by atomic mass is 35.5. The minimum atomic E-state index is -0.253. The van der Waals surface area contributed by atoms with Crippen molar-refractivity contribution >= 4 is 18.3 Å². The Morgan fingerprint density at radius 3 is 2.56 bits per heavy atom. The van der Waals surface area contributed by atoms with Gasteiger partial charge in [-0.2, -0.15) is 0 Å². The zero-order valence-corrected chi connectivity index (χ0v) is 11.7. The van der Waals surface area contributed by atoms with Gasteiger partial charge in [-0.1, -0.05) is 19.1 Å². The number of carbonyl (C=O) groups excluding carboxylic acids is 1. The van der Waals surface area contributed by atoms with Crippen LogP contribution in [-0.4, -0.2) is 11.9 Å². The van der Waals surface area contributed by atoms with Crippen LogP contribution in [0.25, 0.3) is 0 Å². The largest absolute Gasteiger partial charge is 0.352 e. The predicted octanol–water partition coefficient (Wildman–Crippen LogP) is 2.16. The van der Waals surface area contributed by atoms with E-state index in [4.69, 9.17) is 5.73 Å². The Labute approximate surface area is 113 Å². The summed E-state index contributed by atoms with van der Waals surface area (Å²) in [6.07, 6.45) is 0. The predicted molar refractivity (Wildman–Crippen MR) is 73.0 cm³/mol. The van der Waals surface area contributed by atoms with E-state index >= 15 is 0 Å². The number of amides is 1. The quantitative estimate of drug-likeness (QED) is 0.884. The van der Waals surface area contributed by atoms with Crippen molar-refractivity contribution in [3.05, 3.63) is 35.1 Å². The van der Waals surface area contributed by atoms with Crippen molar-refractivity contribution in [2.45, 2.75) is 33.4 Å². The van der Waals surface area contributed by atoms with Crippen molar-refractivity contribution in [3.8, 4) is 0 Å². The van der Waals surface area contributed by atoms with Gasteiger partial charge >= 0.3 is 0 Å². The zero-order chi connectivity index (χ0) is 13.0. The number of benzene rings is 1. The molecule has 0 saturated carbocycles. The molecule has 0 aliphatic rings. The molecule has 3 N–H and O–H groups in total. The van der Waals surface area contributed by atoms with Crippen LogP contribution in [0.2, 0.25) is 0 Å². The van der Waals surface area contributed by atoms with E-state index in [-0.39, 0.29) is 36.1 Å². The second-order valence-electron chi connectivity index (χ2n) is 4.45. The third kappa shape index (κ3) is 4.63. The van der Waals surface area contributed by atoms with E-state index in [1.165, 1.54) is 6.07 Å². The molecular weight excluding hydrogens is 255 g/mol. The smallest absolute Gasteiger partial charge is 0.224 e. The zero-order valence-electron chi connectivity index (χ0n) is 10.9. The second-order valence-corrected chi connectivity index (χ2v) is 4.45. The molecule has 0 aromatic heterocycles. The fourth-order valence-corrected chi connectivity index (χ4v) is 1.34. The van der Waals surface area contributed by atoms with Crippen molar-refractivity contribution in [3.63, 3.8) is 0 Å². The Morgan fingerprint density at radius 1 is 1.44 bits per heavy atom. The molecule has 102 valence electrons. The molecule has 18 heavy (non-hydrogen) atoms. The topological polar surface area (TPSA) is 55.1 Å². The standard InChI is InChI=1S/C13H19FN2O.ClH/c1-8-4-5-11(6-12(8)14)7-16-13(17)9(2)10(3)15;/h4-6,9-10H,7,15H2,1-3H3,(H,16,17);1H. The fraction of sp³-hybridized carbons (Fsp3) is 0.462. The first-order valence-electron chi connectivity index (χ1n) is 5.70. The molecule has 2 atom stereocenters. The third-order valence-electron chi connectivity index (χ3n) is 2.91. The molecule has 0 heterocycles. The van der Waals surface area contributed by atoms with Gasteiger partial charge in [-0.3, -0.25) is 4.79 Å². The molecule has 2 unspecified atom stereocenters. The average molecular weight is 275 g/mol. The van der Waals surface area contributed by atoms with Gasteiger partial charge in [-0.25, -0.2) is 4.39 Å². The number of aryl methyl sites for hydroxylation is 1. The molecule has 1 rings (SSSR count). The normalized spacial score (nSPS) is 13.4. The van der Waals surface area contributed by atoms with Gasteiger partial charge in [-0.05, 0) is 31.0 Å². The summed E-state index contributed by atoms with van der Waals surface area (Å²) in [5.74, 6) is -0.608.